The first-order chi connectivity index (χ1) is 11.0. The number of rotatable bonds is 5. The molecule has 23 heavy (non-hydrogen) atoms. The van der Waals surface area contributed by atoms with Gasteiger partial charge in [-0.25, -0.2) is 13.1 Å². The van der Waals surface area contributed by atoms with Crippen LogP contribution in [-0.4, -0.2) is 13.4 Å². The van der Waals surface area contributed by atoms with Gasteiger partial charge < -0.3 is 4.42 Å². The molecule has 1 N–H and O–H groups in total. The molecule has 118 valence electrons. The molecule has 0 radical (unpaired) electrons. The average Bonchev–Trinajstić information content (AvgIpc) is 3.08. The predicted octanol–water partition coefficient (Wildman–Crippen LogP) is 3.47. The zero-order valence-corrected chi connectivity index (χ0v) is 13.5. The molecule has 5 nitrogen and oxygen atoms in total. The molecule has 3 rings (SSSR count). The van der Waals surface area contributed by atoms with E-state index in [1.165, 1.54) is 12.1 Å². The van der Waals surface area contributed by atoms with Crippen LogP contribution in [0.15, 0.2) is 70.5 Å². The Balaban J connectivity index is 1.70. The van der Waals surface area contributed by atoms with Crippen LogP contribution in [0.25, 0.3) is 11.3 Å². The number of benzene rings is 1. The highest BCUT2D eigenvalue weighted by atomic mass is 35.5. The first kappa shape index (κ1) is 15.7. The van der Waals surface area contributed by atoms with Crippen molar-refractivity contribution in [1.82, 2.24) is 9.71 Å². The maximum absolute atomic E-state index is 12.2. The third kappa shape index (κ3) is 3.79. The highest BCUT2D eigenvalue weighted by Gasteiger charge is 2.14. The summed E-state index contributed by atoms with van der Waals surface area (Å²) in [5.41, 5.74) is 2.39. The van der Waals surface area contributed by atoms with E-state index < -0.39 is 10.0 Å². The number of halogens is 1. The number of aromatic nitrogens is 1. The number of furan rings is 1. The Morgan fingerprint density at radius 1 is 1.17 bits per heavy atom. The Morgan fingerprint density at radius 2 is 2.04 bits per heavy atom. The fourth-order valence-electron chi connectivity index (χ4n) is 2.01. The van der Waals surface area contributed by atoms with Gasteiger partial charge in [0.25, 0.3) is 0 Å². The van der Waals surface area contributed by atoms with Crippen LogP contribution in [0.1, 0.15) is 5.56 Å². The van der Waals surface area contributed by atoms with Crippen LogP contribution >= 0.6 is 11.6 Å². The van der Waals surface area contributed by atoms with Crippen LogP contribution in [0.3, 0.4) is 0 Å². The van der Waals surface area contributed by atoms with Gasteiger partial charge in [-0.1, -0.05) is 23.7 Å². The minimum absolute atomic E-state index is 0.132. The maximum Gasteiger partial charge on any atom is 0.240 e. The second-order valence-corrected chi connectivity index (χ2v) is 7.05. The van der Waals surface area contributed by atoms with E-state index >= 15 is 0 Å². The van der Waals surface area contributed by atoms with E-state index in [9.17, 15) is 8.42 Å². The molecule has 0 spiro atoms. The summed E-state index contributed by atoms with van der Waals surface area (Å²) in [6.07, 6.45) is 4.80. The number of nitrogens with zero attached hydrogens (tertiary/aromatic N) is 1. The highest BCUT2D eigenvalue weighted by molar-refractivity contribution is 7.89. The molecule has 0 bridgehead atoms. The van der Waals surface area contributed by atoms with Crippen LogP contribution in [-0.2, 0) is 16.6 Å². The smallest absolute Gasteiger partial charge is 0.240 e. The Kier molecular flexibility index (Phi) is 4.47. The van der Waals surface area contributed by atoms with E-state index in [1.54, 1.807) is 30.9 Å². The molecule has 2 heterocycles. The van der Waals surface area contributed by atoms with Gasteiger partial charge in [0, 0.05) is 23.3 Å². The molecule has 0 unspecified atom stereocenters. The van der Waals surface area contributed by atoms with E-state index in [1.807, 2.05) is 18.2 Å². The fourth-order valence-corrected chi connectivity index (χ4v) is 3.32. The highest BCUT2D eigenvalue weighted by Crippen LogP contribution is 2.18. The number of hydrogen-bond donors (Lipinski definition) is 1. The Labute approximate surface area is 139 Å². The van der Waals surface area contributed by atoms with Crippen molar-refractivity contribution in [1.29, 1.82) is 0 Å². The van der Waals surface area contributed by atoms with Crippen LogP contribution in [0.4, 0.5) is 0 Å². The Morgan fingerprint density at radius 3 is 2.70 bits per heavy atom. The molecule has 0 saturated heterocycles. The maximum atomic E-state index is 12.2. The molecule has 0 saturated carbocycles. The summed E-state index contributed by atoms with van der Waals surface area (Å²) in [5, 5.41) is 0.374. The molecule has 0 amide bonds. The topological polar surface area (TPSA) is 72.2 Å². The predicted molar refractivity (Wildman–Crippen MR) is 87.4 cm³/mol. The van der Waals surface area contributed by atoms with Crippen molar-refractivity contribution < 1.29 is 12.8 Å². The van der Waals surface area contributed by atoms with Gasteiger partial charge in [0.2, 0.25) is 10.0 Å². The summed E-state index contributed by atoms with van der Waals surface area (Å²) in [6, 6.07) is 11.6. The van der Waals surface area contributed by atoms with Crippen molar-refractivity contribution >= 4 is 21.6 Å². The lowest BCUT2D eigenvalue weighted by atomic mass is 10.2. The van der Waals surface area contributed by atoms with Gasteiger partial charge in [0.15, 0.2) is 0 Å². The lowest BCUT2D eigenvalue weighted by Crippen LogP contribution is -2.23. The van der Waals surface area contributed by atoms with Crippen LogP contribution in [0.2, 0.25) is 5.02 Å². The second kappa shape index (κ2) is 6.54. The van der Waals surface area contributed by atoms with Gasteiger partial charge >= 0.3 is 0 Å². The summed E-state index contributed by atoms with van der Waals surface area (Å²) < 4.78 is 32.0. The minimum atomic E-state index is -3.61. The van der Waals surface area contributed by atoms with E-state index in [-0.39, 0.29) is 11.4 Å². The zero-order valence-electron chi connectivity index (χ0n) is 11.9. The van der Waals surface area contributed by atoms with Crippen LogP contribution in [0, 0.1) is 0 Å². The number of sulfonamides is 1. The zero-order chi connectivity index (χ0) is 16.3. The lowest BCUT2D eigenvalue weighted by molar-refractivity contribution is 0.568. The number of pyridine rings is 1. The molecule has 0 aliphatic carbocycles. The summed E-state index contributed by atoms with van der Waals surface area (Å²) >= 11 is 5.82. The quantitative estimate of drug-likeness (QED) is 0.766. The summed E-state index contributed by atoms with van der Waals surface area (Å²) in [7, 11) is -3.61. The molecular formula is C16H13ClN2O3S. The van der Waals surface area contributed by atoms with Crippen molar-refractivity contribution in [2.75, 3.05) is 0 Å². The number of hydrogen-bond acceptors (Lipinski definition) is 4. The molecule has 1 aromatic carbocycles. The normalized spacial score (nSPS) is 11.5. The van der Waals surface area contributed by atoms with E-state index in [0.29, 0.717) is 5.02 Å². The van der Waals surface area contributed by atoms with Gasteiger partial charge in [0.1, 0.15) is 0 Å². The van der Waals surface area contributed by atoms with E-state index in [2.05, 4.69) is 9.71 Å². The van der Waals surface area contributed by atoms with Gasteiger partial charge in [-0.05, 0) is 35.9 Å². The molecule has 3 aromatic rings. The third-order valence-corrected chi connectivity index (χ3v) is 4.85. The second-order valence-electron chi connectivity index (χ2n) is 4.85. The van der Waals surface area contributed by atoms with E-state index in [4.69, 9.17) is 16.0 Å². The Hall–Kier alpha value is -2.15. The Bertz CT molecular complexity index is 891. The average molecular weight is 349 g/mol. The van der Waals surface area contributed by atoms with Crippen molar-refractivity contribution in [2.24, 2.45) is 0 Å². The van der Waals surface area contributed by atoms with Gasteiger partial charge in [-0.15, -0.1) is 0 Å². The summed E-state index contributed by atoms with van der Waals surface area (Å²) in [5.74, 6) is 0. The largest absolute Gasteiger partial charge is 0.472 e. The summed E-state index contributed by atoms with van der Waals surface area (Å²) in [4.78, 5) is 4.43. The fraction of sp³-hybridized carbons (Fsp3) is 0.0625. The SMILES string of the molecule is O=S(=O)(NCc1ccc(-c2ccoc2)nc1)c1cccc(Cl)c1. The number of nitrogens with one attached hydrogen (secondary N) is 1. The van der Waals surface area contributed by atoms with Crippen molar-refractivity contribution in [3.05, 3.63) is 71.8 Å². The van der Waals surface area contributed by atoms with Crippen LogP contribution in [0.5, 0.6) is 0 Å². The molecule has 0 atom stereocenters. The lowest BCUT2D eigenvalue weighted by Gasteiger charge is -2.07. The van der Waals surface area contributed by atoms with Gasteiger partial charge in [-0.2, -0.15) is 0 Å². The first-order valence-corrected chi connectivity index (χ1v) is 8.63. The third-order valence-electron chi connectivity index (χ3n) is 3.21. The molecule has 0 aliphatic heterocycles. The first-order valence-electron chi connectivity index (χ1n) is 6.77. The standard InChI is InChI=1S/C16H13ClN2O3S/c17-14-2-1-3-15(8-14)23(20,21)19-10-12-4-5-16(18-9-12)13-6-7-22-11-13/h1-9,11,19H,10H2. The van der Waals surface area contributed by atoms with Gasteiger partial charge in [0.05, 0.1) is 23.1 Å². The molecule has 0 fully saturated rings. The van der Waals surface area contributed by atoms with Crippen molar-refractivity contribution in [2.45, 2.75) is 11.4 Å². The molecule has 0 aliphatic rings. The van der Waals surface area contributed by atoms with E-state index in [0.717, 1.165) is 16.8 Å². The summed E-state index contributed by atoms with van der Waals surface area (Å²) in [6.45, 7) is 0.146. The van der Waals surface area contributed by atoms with Crippen LogP contribution < -0.4 is 4.72 Å². The molecule has 2 aromatic heterocycles. The van der Waals surface area contributed by atoms with Crippen molar-refractivity contribution in [3.8, 4) is 11.3 Å². The molecular weight excluding hydrogens is 336 g/mol. The van der Waals surface area contributed by atoms with Gasteiger partial charge in [-0.3, -0.25) is 4.98 Å². The molecule has 7 heteroatoms. The van der Waals surface area contributed by atoms with Crippen molar-refractivity contribution in [3.63, 3.8) is 0 Å². The minimum Gasteiger partial charge on any atom is -0.472 e. The monoisotopic (exact) mass is 348 g/mol.